The number of aryl methyl sites for hydroxylation is 2. The van der Waals surface area contributed by atoms with E-state index in [1.54, 1.807) is 28.4 Å². The molecule has 2 aromatic carbocycles. The van der Waals surface area contributed by atoms with Gasteiger partial charge >= 0.3 is 0 Å². The number of rotatable bonds is 8. The Morgan fingerprint density at radius 3 is 1.57 bits per heavy atom. The van der Waals surface area contributed by atoms with Gasteiger partial charge in [0.1, 0.15) is 0 Å². The van der Waals surface area contributed by atoms with E-state index in [2.05, 4.69) is 32.3 Å². The maximum Gasteiger partial charge on any atom is 0.164 e. The molecule has 0 aliphatic rings. The van der Waals surface area contributed by atoms with Crippen LogP contribution in [0.25, 0.3) is 21.8 Å². The quantitative estimate of drug-likeness (QED) is 0.362. The summed E-state index contributed by atoms with van der Waals surface area (Å²) in [5.41, 5.74) is 6.30. The first-order chi connectivity index (χ1) is 17.8. The normalized spacial score (nSPS) is 10.9. The lowest BCUT2D eigenvalue weighted by Gasteiger charge is -2.14. The van der Waals surface area contributed by atoms with Crippen LogP contribution in [0.2, 0.25) is 0 Å². The molecule has 0 saturated carbocycles. The lowest BCUT2D eigenvalue weighted by Crippen LogP contribution is -2.10. The molecule has 1 N–H and O–H groups in total. The Kier molecular flexibility index (Phi) is 9.49. The van der Waals surface area contributed by atoms with Crippen LogP contribution < -0.4 is 24.3 Å². The van der Waals surface area contributed by atoms with Crippen LogP contribution in [-0.4, -0.2) is 64.5 Å². The first kappa shape index (κ1) is 28.0. The van der Waals surface area contributed by atoms with Gasteiger partial charge in [0, 0.05) is 59.5 Å². The minimum absolute atomic E-state index is 0.719. The number of hydrogen-bond acceptors (Lipinski definition) is 8. The Labute approximate surface area is 219 Å². The van der Waals surface area contributed by atoms with Crippen LogP contribution in [0.15, 0.2) is 36.7 Å². The molecular formula is C29H38N4O4. The van der Waals surface area contributed by atoms with Gasteiger partial charge in [-0.25, -0.2) is 0 Å². The number of hydrogen-bond donors (Lipinski definition) is 1. The van der Waals surface area contributed by atoms with Gasteiger partial charge < -0.3 is 29.2 Å². The molecule has 0 fully saturated rings. The summed E-state index contributed by atoms with van der Waals surface area (Å²) in [6, 6.07) is 8.13. The SMILES string of the molecule is CNCc1cnc2cc(OC)c(OC)c(C)c2c1.COc1cc2ncc(CN(C)C)cc2c(C)c1OC. The molecule has 2 aromatic heterocycles. The molecule has 0 unspecified atom stereocenters. The molecule has 4 aromatic rings. The summed E-state index contributed by atoms with van der Waals surface area (Å²) in [5, 5.41) is 5.33. The van der Waals surface area contributed by atoms with Gasteiger partial charge in [0.05, 0.1) is 39.5 Å². The predicted octanol–water partition coefficient (Wildman–Crippen LogP) is 4.90. The van der Waals surface area contributed by atoms with E-state index in [1.165, 1.54) is 5.56 Å². The molecule has 0 atom stereocenters. The van der Waals surface area contributed by atoms with Crippen LogP contribution in [0.1, 0.15) is 22.3 Å². The van der Waals surface area contributed by atoms with Crippen LogP contribution in [0.5, 0.6) is 23.0 Å². The molecule has 198 valence electrons. The fourth-order valence-corrected chi connectivity index (χ4v) is 4.42. The zero-order valence-electron chi connectivity index (χ0n) is 23.4. The lowest BCUT2D eigenvalue weighted by molar-refractivity contribution is 0.354. The zero-order chi connectivity index (χ0) is 27.1. The van der Waals surface area contributed by atoms with Crippen molar-refractivity contribution in [1.82, 2.24) is 20.2 Å². The van der Waals surface area contributed by atoms with E-state index in [4.69, 9.17) is 18.9 Å². The van der Waals surface area contributed by atoms with E-state index >= 15 is 0 Å². The molecule has 8 nitrogen and oxygen atoms in total. The fraction of sp³-hybridized carbons (Fsp3) is 0.379. The number of aromatic nitrogens is 2. The molecule has 0 radical (unpaired) electrons. The highest BCUT2D eigenvalue weighted by atomic mass is 16.5. The molecule has 0 aliphatic carbocycles. The van der Waals surface area contributed by atoms with Crippen LogP contribution in [0.4, 0.5) is 0 Å². The molecule has 0 saturated heterocycles. The average molecular weight is 507 g/mol. The van der Waals surface area contributed by atoms with Gasteiger partial charge in [0.2, 0.25) is 0 Å². The van der Waals surface area contributed by atoms with Gasteiger partial charge in [-0.1, -0.05) is 0 Å². The highest BCUT2D eigenvalue weighted by Crippen LogP contribution is 2.37. The van der Waals surface area contributed by atoms with E-state index in [0.717, 1.165) is 74.6 Å². The predicted molar refractivity (Wildman–Crippen MR) is 149 cm³/mol. The van der Waals surface area contributed by atoms with Crippen molar-refractivity contribution in [3.63, 3.8) is 0 Å². The highest BCUT2D eigenvalue weighted by Gasteiger charge is 2.14. The average Bonchev–Trinajstić information content (AvgIpc) is 2.89. The molecule has 4 rings (SSSR count). The summed E-state index contributed by atoms with van der Waals surface area (Å²) >= 11 is 0. The van der Waals surface area contributed by atoms with Crippen molar-refractivity contribution in [1.29, 1.82) is 0 Å². The van der Waals surface area contributed by atoms with Crippen molar-refractivity contribution in [3.05, 3.63) is 58.9 Å². The van der Waals surface area contributed by atoms with Crippen LogP contribution in [0.3, 0.4) is 0 Å². The Morgan fingerprint density at radius 1 is 0.703 bits per heavy atom. The number of nitrogens with zero attached hydrogens (tertiary/aromatic N) is 3. The standard InChI is InChI=1S/C15H20N2O2.C14H18N2O2/c1-10-12-6-11(9-17(2)3)8-16-13(12)7-14(18-4)15(10)19-5;1-9-11-5-10(7-15-2)8-16-12(11)6-13(17-3)14(9)18-4/h6-8H,9H2,1-5H3;5-6,8,15H,7H2,1-4H3. The van der Waals surface area contributed by atoms with Crippen molar-refractivity contribution >= 4 is 21.8 Å². The van der Waals surface area contributed by atoms with Crippen molar-refractivity contribution in [3.8, 4) is 23.0 Å². The second-order valence-corrected chi connectivity index (χ2v) is 9.06. The van der Waals surface area contributed by atoms with Crippen molar-refractivity contribution in [2.24, 2.45) is 0 Å². The first-order valence-electron chi connectivity index (χ1n) is 12.1. The zero-order valence-corrected chi connectivity index (χ0v) is 23.4. The largest absolute Gasteiger partial charge is 0.493 e. The van der Waals surface area contributed by atoms with Gasteiger partial charge in [-0.05, 0) is 58.3 Å². The van der Waals surface area contributed by atoms with Gasteiger partial charge in [-0.3, -0.25) is 9.97 Å². The summed E-state index contributed by atoms with van der Waals surface area (Å²) in [7, 11) is 12.6. The Bertz CT molecular complexity index is 1370. The second kappa shape index (κ2) is 12.6. The number of pyridine rings is 2. The smallest absolute Gasteiger partial charge is 0.164 e. The Balaban J connectivity index is 0.000000206. The third kappa shape index (κ3) is 6.21. The minimum atomic E-state index is 0.719. The van der Waals surface area contributed by atoms with E-state index in [-0.39, 0.29) is 0 Å². The molecule has 0 spiro atoms. The van der Waals surface area contributed by atoms with Crippen LogP contribution in [0, 0.1) is 13.8 Å². The summed E-state index contributed by atoms with van der Waals surface area (Å²) in [5.74, 6) is 2.99. The Morgan fingerprint density at radius 2 is 1.16 bits per heavy atom. The molecule has 0 amide bonds. The maximum absolute atomic E-state index is 5.43. The molecule has 0 aliphatic heterocycles. The van der Waals surface area contributed by atoms with Gasteiger partial charge in [-0.2, -0.15) is 0 Å². The van der Waals surface area contributed by atoms with E-state index in [0.29, 0.717) is 0 Å². The summed E-state index contributed by atoms with van der Waals surface area (Å²) in [4.78, 5) is 11.1. The summed E-state index contributed by atoms with van der Waals surface area (Å²) in [6.07, 6.45) is 3.79. The Hall–Kier alpha value is -3.62. The number of nitrogens with one attached hydrogen (secondary N) is 1. The molecule has 8 heteroatoms. The fourth-order valence-electron chi connectivity index (χ4n) is 4.42. The van der Waals surface area contributed by atoms with E-state index in [9.17, 15) is 0 Å². The molecule has 37 heavy (non-hydrogen) atoms. The second-order valence-electron chi connectivity index (χ2n) is 9.06. The van der Waals surface area contributed by atoms with Gasteiger partial charge in [-0.15, -0.1) is 0 Å². The lowest BCUT2D eigenvalue weighted by atomic mass is 10.1. The maximum atomic E-state index is 5.43. The van der Waals surface area contributed by atoms with Gasteiger partial charge in [0.25, 0.3) is 0 Å². The van der Waals surface area contributed by atoms with Crippen molar-refractivity contribution in [2.75, 3.05) is 49.6 Å². The monoisotopic (exact) mass is 506 g/mol. The number of ether oxygens (including phenoxy) is 4. The summed E-state index contributed by atoms with van der Waals surface area (Å²) in [6.45, 7) is 5.73. The van der Waals surface area contributed by atoms with Crippen molar-refractivity contribution < 1.29 is 18.9 Å². The first-order valence-corrected chi connectivity index (χ1v) is 12.1. The molecule has 2 heterocycles. The van der Waals surface area contributed by atoms with Crippen LogP contribution in [-0.2, 0) is 13.1 Å². The molecular weight excluding hydrogens is 468 g/mol. The molecule has 0 bridgehead atoms. The van der Waals surface area contributed by atoms with Gasteiger partial charge in [0.15, 0.2) is 23.0 Å². The summed E-state index contributed by atoms with van der Waals surface area (Å²) < 4.78 is 21.5. The third-order valence-corrected chi connectivity index (χ3v) is 6.15. The van der Waals surface area contributed by atoms with E-state index < -0.39 is 0 Å². The van der Waals surface area contributed by atoms with Crippen molar-refractivity contribution in [2.45, 2.75) is 26.9 Å². The number of fused-ring (bicyclic) bond motifs is 2. The minimum Gasteiger partial charge on any atom is -0.493 e. The number of methoxy groups -OCH3 is 4. The van der Waals surface area contributed by atoms with E-state index in [1.807, 2.05) is 59.5 Å². The number of benzene rings is 2. The topological polar surface area (TPSA) is 78.0 Å². The third-order valence-electron chi connectivity index (χ3n) is 6.15. The highest BCUT2D eigenvalue weighted by molar-refractivity contribution is 5.88. The van der Waals surface area contributed by atoms with Crippen LogP contribution >= 0.6 is 0 Å².